The zero-order chi connectivity index (χ0) is 20.2. The van der Waals surface area contributed by atoms with Gasteiger partial charge in [0.1, 0.15) is 12.1 Å². The number of methoxy groups -OCH3 is 1. The van der Waals surface area contributed by atoms with Crippen molar-refractivity contribution in [3.63, 3.8) is 0 Å². The number of carbonyl (C=O) groups excluding carboxylic acids is 1. The van der Waals surface area contributed by atoms with Gasteiger partial charge >= 0.3 is 6.01 Å². The fourth-order valence-electron chi connectivity index (χ4n) is 3.65. The van der Waals surface area contributed by atoms with Crippen LogP contribution in [0.3, 0.4) is 0 Å². The molecule has 3 aromatic rings. The molecular weight excluding hydrogens is 370 g/mol. The van der Waals surface area contributed by atoms with Crippen LogP contribution in [0.25, 0.3) is 22.3 Å². The number of nitriles is 1. The highest BCUT2D eigenvalue weighted by atomic mass is 16.5. The SMILES string of the molecule is COc1nccc(-c2cnc3[nH]ccc3c2N[C@@H]2CCCN(C(=O)CC#N)C2)n1. The number of rotatable bonds is 5. The van der Waals surface area contributed by atoms with Gasteiger partial charge in [0.05, 0.1) is 24.6 Å². The number of amides is 1. The minimum atomic E-state index is -0.124. The Labute approximate surface area is 167 Å². The molecule has 0 spiro atoms. The van der Waals surface area contributed by atoms with Gasteiger partial charge in [-0.15, -0.1) is 0 Å². The number of aromatic amines is 1. The lowest BCUT2D eigenvalue weighted by Crippen LogP contribution is -2.45. The zero-order valence-corrected chi connectivity index (χ0v) is 16.1. The molecule has 0 saturated carbocycles. The molecule has 29 heavy (non-hydrogen) atoms. The summed E-state index contributed by atoms with van der Waals surface area (Å²) in [5.41, 5.74) is 3.20. The number of carbonyl (C=O) groups is 1. The third-order valence-corrected chi connectivity index (χ3v) is 5.03. The summed E-state index contributed by atoms with van der Waals surface area (Å²) in [7, 11) is 1.53. The Morgan fingerprint density at radius 1 is 1.45 bits per heavy atom. The molecule has 1 amide bonds. The van der Waals surface area contributed by atoms with E-state index in [2.05, 4.69) is 25.3 Å². The highest BCUT2D eigenvalue weighted by Crippen LogP contribution is 2.34. The molecule has 1 saturated heterocycles. The van der Waals surface area contributed by atoms with Crippen molar-refractivity contribution >= 4 is 22.6 Å². The third-order valence-electron chi connectivity index (χ3n) is 5.03. The van der Waals surface area contributed by atoms with Gasteiger partial charge in [-0.05, 0) is 25.0 Å². The van der Waals surface area contributed by atoms with Crippen LogP contribution in [0.4, 0.5) is 5.69 Å². The molecule has 148 valence electrons. The molecule has 1 aliphatic rings. The molecule has 1 fully saturated rings. The first kappa shape index (κ1) is 18.7. The highest BCUT2D eigenvalue weighted by molar-refractivity contribution is 5.97. The lowest BCUT2D eigenvalue weighted by molar-refractivity contribution is -0.131. The van der Waals surface area contributed by atoms with Crippen LogP contribution in [-0.2, 0) is 4.79 Å². The van der Waals surface area contributed by atoms with E-state index in [1.54, 1.807) is 17.3 Å². The average Bonchev–Trinajstić information content (AvgIpc) is 3.24. The molecule has 9 heteroatoms. The van der Waals surface area contributed by atoms with Crippen LogP contribution in [0.2, 0.25) is 0 Å². The molecule has 0 unspecified atom stereocenters. The molecule has 0 bridgehead atoms. The fraction of sp³-hybridized carbons (Fsp3) is 0.350. The van der Waals surface area contributed by atoms with E-state index >= 15 is 0 Å². The van der Waals surface area contributed by atoms with Crippen LogP contribution in [0.15, 0.2) is 30.7 Å². The van der Waals surface area contributed by atoms with E-state index in [-0.39, 0.29) is 24.4 Å². The van der Waals surface area contributed by atoms with Gasteiger partial charge in [-0.2, -0.15) is 10.2 Å². The van der Waals surface area contributed by atoms with Crippen molar-refractivity contribution in [2.75, 3.05) is 25.5 Å². The summed E-state index contributed by atoms with van der Waals surface area (Å²) in [5.74, 6) is -0.124. The smallest absolute Gasteiger partial charge is 0.316 e. The molecule has 2 N–H and O–H groups in total. The van der Waals surface area contributed by atoms with E-state index in [0.717, 1.165) is 35.1 Å². The number of aromatic nitrogens is 4. The number of piperidine rings is 1. The van der Waals surface area contributed by atoms with Gasteiger partial charge in [0.25, 0.3) is 0 Å². The molecule has 1 atom stereocenters. The summed E-state index contributed by atoms with van der Waals surface area (Å²) < 4.78 is 5.16. The van der Waals surface area contributed by atoms with E-state index in [0.29, 0.717) is 18.8 Å². The van der Waals surface area contributed by atoms with Crippen LogP contribution >= 0.6 is 0 Å². The van der Waals surface area contributed by atoms with Crippen LogP contribution in [0.1, 0.15) is 19.3 Å². The van der Waals surface area contributed by atoms with E-state index in [4.69, 9.17) is 10.00 Å². The van der Waals surface area contributed by atoms with E-state index in [1.165, 1.54) is 7.11 Å². The number of hydrogen-bond donors (Lipinski definition) is 2. The number of pyridine rings is 1. The molecule has 0 radical (unpaired) electrons. The maximum Gasteiger partial charge on any atom is 0.316 e. The molecule has 1 aliphatic heterocycles. The summed E-state index contributed by atoms with van der Waals surface area (Å²) >= 11 is 0. The third kappa shape index (κ3) is 3.82. The van der Waals surface area contributed by atoms with Crippen molar-refractivity contribution < 1.29 is 9.53 Å². The number of hydrogen-bond acceptors (Lipinski definition) is 7. The number of nitrogens with zero attached hydrogens (tertiary/aromatic N) is 5. The lowest BCUT2D eigenvalue weighted by Gasteiger charge is -2.34. The van der Waals surface area contributed by atoms with Crippen molar-refractivity contribution in [2.24, 2.45) is 0 Å². The largest absolute Gasteiger partial charge is 0.467 e. The van der Waals surface area contributed by atoms with E-state index in [1.807, 2.05) is 24.4 Å². The number of likely N-dealkylation sites (tertiary alicyclic amines) is 1. The number of ether oxygens (including phenoxy) is 1. The van der Waals surface area contributed by atoms with Crippen LogP contribution in [0, 0.1) is 11.3 Å². The first-order valence-electron chi connectivity index (χ1n) is 9.44. The van der Waals surface area contributed by atoms with Gasteiger partial charge in [0.2, 0.25) is 5.91 Å². The second kappa shape index (κ2) is 8.14. The molecule has 4 rings (SSSR count). The molecule has 0 aromatic carbocycles. The van der Waals surface area contributed by atoms with E-state index < -0.39 is 0 Å². The summed E-state index contributed by atoms with van der Waals surface area (Å²) in [4.78, 5) is 30.1. The van der Waals surface area contributed by atoms with Crippen molar-refractivity contribution in [3.05, 3.63) is 30.7 Å². The zero-order valence-electron chi connectivity index (χ0n) is 16.1. The predicted octanol–water partition coefficient (Wildman–Crippen LogP) is 2.35. The maximum absolute atomic E-state index is 12.2. The Hall–Kier alpha value is -3.67. The molecule has 0 aliphatic carbocycles. The summed E-state index contributed by atoms with van der Waals surface area (Å²) in [5, 5.41) is 13.4. The Bertz CT molecular complexity index is 1070. The van der Waals surface area contributed by atoms with Crippen molar-refractivity contribution in [3.8, 4) is 23.3 Å². The highest BCUT2D eigenvalue weighted by Gasteiger charge is 2.25. The van der Waals surface area contributed by atoms with Crippen molar-refractivity contribution in [1.29, 1.82) is 5.26 Å². The minimum absolute atomic E-state index is 0.0642. The first-order chi connectivity index (χ1) is 14.2. The number of fused-ring (bicyclic) bond motifs is 1. The van der Waals surface area contributed by atoms with Gasteiger partial charge in [0.15, 0.2) is 0 Å². The summed E-state index contributed by atoms with van der Waals surface area (Å²) in [6, 6.07) is 6.07. The van der Waals surface area contributed by atoms with Crippen LogP contribution in [0.5, 0.6) is 6.01 Å². The lowest BCUT2D eigenvalue weighted by atomic mass is 10.0. The Kier molecular flexibility index (Phi) is 5.24. The molecule has 4 heterocycles. The second-order valence-electron chi connectivity index (χ2n) is 6.87. The van der Waals surface area contributed by atoms with Gasteiger partial charge in [0, 0.05) is 48.7 Å². The topological polar surface area (TPSA) is 120 Å². The molecule has 3 aromatic heterocycles. The quantitative estimate of drug-likeness (QED) is 0.685. The van der Waals surface area contributed by atoms with Crippen LogP contribution < -0.4 is 10.1 Å². The van der Waals surface area contributed by atoms with Crippen LogP contribution in [-0.4, -0.2) is 57.0 Å². The number of nitrogens with one attached hydrogen (secondary N) is 2. The normalized spacial score (nSPS) is 16.4. The summed E-state index contributed by atoms with van der Waals surface area (Å²) in [6.07, 6.45) is 6.98. The standard InChI is InChI=1S/C20H21N7O2/c1-29-20-23-9-6-16(26-20)15-11-24-19-14(5-8-22-19)18(15)25-13-3-2-10-27(12-13)17(28)4-7-21/h5-6,8-9,11,13H,2-4,10,12H2,1H3,(H2,22,24,25)/t13-/m1/s1. The minimum Gasteiger partial charge on any atom is -0.467 e. The van der Waals surface area contributed by atoms with E-state index in [9.17, 15) is 4.79 Å². The second-order valence-corrected chi connectivity index (χ2v) is 6.87. The number of anilines is 1. The maximum atomic E-state index is 12.2. The fourth-order valence-corrected chi connectivity index (χ4v) is 3.65. The molecular formula is C20H21N7O2. The van der Waals surface area contributed by atoms with Gasteiger partial charge in [-0.3, -0.25) is 4.79 Å². The average molecular weight is 391 g/mol. The Morgan fingerprint density at radius 2 is 2.34 bits per heavy atom. The summed E-state index contributed by atoms with van der Waals surface area (Å²) in [6.45, 7) is 1.24. The predicted molar refractivity (Wildman–Crippen MR) is 107 cm³/mol. The Morgan fingerprint density at radius 3 is 3.17 bits per heavy atom. The van der Waals surface area contributed by atoms with Gasteiger partial charge in [-0.1, -0.05) is 0 Å². The first-order valence-corrected chi connectivity index (χ1v) is 9.44. The van der Waals surface area contributed by atoms with Gasteiger partial charge < -0.3 is 19.9 Å². The van der Waals surface area contributed by atoms with Crippen molar-refractivity contribution in [2.45, 2.75) is 25.3 Å². The van der Waals surface area contributed by atoms with Crippen molar-refractivity contribution in [1.82, 2.24) is 24.8 Å². The Balaban J connectivity index is 1.68. The molecule has 9 nitrogen and oxygen atoms in total. The van der Waals surface area contributed by atoms with Gasteiger partial charge in [-0.25, -0.2) is 9.97 Å². The monoisotopic (exact) mass is 391 g/mol. The number of H-pyrrole nitrogens is 1.